The molecule has 0 fully saturated rings. The monoisotopic (exact) mass is 252 g/mol. The summed E-state index contributed by atoms with van der Waals surface area (Å²) in [4.78, 5) is 2.21. The third-order valence-electron chi connectivity index (χ3n) is 2.50. The minimum Gasteiger partial charge on any atom is -0.495 e. The molecule has 0 aromatic heterocycles. The normalized spacial score (nSPS) is 19.8. The van der Waals surface area contributed by atoms with Gasteiger partial charge >= 0.3 is 0 Å². The highest BCUT2D eigenvalue weighted by atomic mass is 32.2. The van der Waals surface area contributed by atoms with Crippen LogP contribution in [0.15, 0.2) is 45.9 Å². The molecular weight excluding hydrogens is 236 g/mol. The molecule has 0 radical (unpaired) electrons. The third-order valence-corrected chi connectivity index (χ3v) is 3.65. The molecular formula is C13H16O3S. The molecule has 0 spiro atoms. The molecule has 0 saturated carbocycles. The lowest BCUT2D eigenvalue weighted by atomic mass is 10.3. The number of thioether (sulfide) groups is 1. The largest absolute Gasteiger partial charge is 0.495 e. The van der Waals surface area contributed by atoms with E-state index in [-0.39, 0.29) is 12.7 Å². The van der Waals surface area contributed by atoms with Gasteiger partial charge < -0.3 is 14.9 Å². The van der Waals surface area contributed by atoms with Gasteiger partial charge in [-0.1, -0.05) is 30.0 Å². The van der Waals surface area contributed by atoms with Crippen molar-refractivity contribution in [2.45, 2.75) is 23.8 Å². The van der Waals surface area contributed by atoms with Gasteiger partial charge in [0.25, 0.3) is 0 Å². The fourth-order valence-corrected chi connectivity index (χ4v) is 2.88. The number of rotatable bonds is 5. The Balaban J connectivity index is 2.05. The third kappa shape index (κ3) is 3.49. The summed E-state index contributed by atoms with van der Waals surface area (Å²) in [5.41, 5.74) is 0. The van der Waals surface area contributed by atoms with E-state index in [0.29, 0.717) is 19.4 Å². The van der Waals surface area contributed by atoms with Crippen molar-refractivity contribution in [3.05, 3.63) is 41.0 Å². The molecule has 1 aromatic carbocycles. The summed E-state index contributed by atoms with van der Waals surface area (Å²) in [5, 5.41) is 18.4. The van der Waals surface area contributed by atoms with E-state index in [4.69, 9.17) is 9.84 Å². The summed E-state index contributed by atoms with van der Waals surface area (Å²) in [5.74, 6) is 0.820. The van der Waals surface area contributed by atoms with E-state index >= 15 is 0 Å². The van der Waals surface area contributed by atoms with E-state index in [1.54, 1.807) is 11.8 Å². The number of benzene rings is 1. The van der Waals surface area contributed by atoms with Crippen LogP contribution in [-0.2, 0) is 4.74 Å². The zero-order chi connectivity index (χ0) is 12.1. The van der Waals surface area contributed by atoms with Crippen LogP contribution in [0.3, 0.4) is 0 Å². The van der Waals surface area contributed by atoms with Crippen molar-refractivity contribution in [1.82, 2.24) is 0 Å². The molecule has 1 unspecified atom stereocenters. The Bertz CT molecular complexity index is 389. The van der Waals surface area contributed by atoms with E-state index in [9.17, 15) is 5.11 Å². The number of aliphatic hydroxyl groups is 2. The lowest BCUT2D eigenvalue weighted by Gasteiger charge is -2.08. The zero-order valence-electron chi connectivity index (χ0n) is 9.50. The molecule has 0 saturated heterocycles. The minimum absolute atomic E-state index is 0.00286. The van der Waals surface area contributed by atoms with Crippen LogP contribution in [0.4, 0.5) is 0 Å². The van der Waals surface area contributed by atoms with Crippen LogP contribution in [-0.4, -0.2) is 29.5 Å². The second kappa shape index (κ2) is 6.10. The van der Waals surface area contributed by atoms with Gasteiger partial charge in [0.2, 0.25) is 0 Å². The zero-order valence-corrected chi connectivity index (χ0v) is 10.3. The van der Waals surface area contributed by atoms with Crippen molar-refractivity contribution in [2.24, 2.45) is 0 Å². The van der Waals surface area contributed by atoms with Gasteiger partial charge in [0, 0.05) is 22.6 Å². The number of ether oxygens (including phenoxy) is 1. The Kier molecular flexibility index (Phi) is 4.48. The second-order valence-electron chi connectivity index (χ2n) is 3.90. The minimum atomic E-state index is -0.352. The molecule has 2 rings (SSSR count). The summed E-state index contributed by atoms with van der Waals surface area (Å²) >= 11 is 1.63. The predicted molar refractivity (Wildman–Crippen MR) is 67.6 cm³/mol. The van der Waals surface area contributed by atoms with Gasteiger partial charge in [-0.15, -0.1) is 0 Å². The molecule has 4 heteroatoms. The van der Waals surface area contributed by atoms with Gasteiger partial charge in [0.05, 0.1) is 12.7 Å². The molecule has 2 N–H and O–H groups in total. The van der Waals surface area contributed by atoms with Crippen molar-refractivity contribution in [3.63, 3.8) is 0 Å². The molecule has 1 aromatic rings. The molecule has 0 heterocycles. The molecule has 0 amide bonds. The summed E-state index contributed by atoms with van der Waals surface area (Å²) in [7, 11) is 0. The summed E-state index contributed by atoms with van der Waals surface area (Å²) in [6.07, 6.45) is 0.838. The molecule has 1 atom stereocenters. The Morgan fingerprint density at radius 1 is 1.24 bits per heavy atom. The van der Waals surface area contributed by atoms with Gasteiger partial charge in [-0.05, 0) is 12.1 Å². The van der Waals surface area contributed by atoms with E-state index in [1.807, 2.05) is 30.3 Å². The van der Waals surface area contributed by atoms with Crippen LogP contribution in [0.2, 0.25) is 0 Å². The maximum Gasteiger partial charge on any atom is 0.111 e. The van der Waals surface area contributed by atoms with Crippen LogP contribution in [0.5, 0.6) is 0 Å². The van der Waals surface area contributed by atoms with Crippen LogP contribution >= 0.6 is 11.8 Å². The molecule has 1 aliphatic carbocycles. The van der Waals surface area contributed by atoms with Crippen LogP contribution in [0.1, 0.15) is 12.8 Å². The van der Waals surface area contributed by atoms with E-state index in [0.717, 1.165) is 15.6 Å². The maximum atomic E-state index is 9.65. The van der Waals surface area contributed by atoms with Crippen molar-refractivity contribution in [3.8, 4) is 0 Å². The Hall–Kier alpha value is -0.970. The second-order valence-corrected chi connectivity index (χ2v) is 5.06. The highest BCUT2D eigenvalue weighted by molar-refractivity contribution is 8.03. The van der Waals surface area contributed by atoms with Crippen molar-refractivity contribution in [2.75, 3.05) is 13.2 Å². The molecule has 0 aliphatic heterocycles. The topological polar surface area (TPSA) is 49.7 Å². The molecule has 17 heavy (non-hydrogen) atoms. The number of hydrogen-bond donors (Lipinski definition) is 2. The van der Waals surface area contributed by atoms with Gasteiger partial charge in [-0.2, -0.15) is 0 Å². The van der Waals surface area contributed by atoms with Gasteiger partial charge in [-0.25, -0.2) is 0 Å². The first-order valence-corrected chi connectivity index (χ1v) is 6.48. The standard InChI is InChI=1S/C13H16O3S/c14-6-7-16-12-8-10(15)9-13(12)17-11-4-2-1-3-5-11/h1-5,10,14-15H,6-9H2. The predicted octanol–water partition coefficient (Wildman–Crippen LogP) is 2.15. The number of hydrogen-bond acceptors (Lipinski definition) is 4. The Labute approximate surface area is 105 Å². The molecule has 1 aliphatic rings. The lowest BCUT2D eigenvalue weighted by Crippen LogP contribution is -2.02. The average molecular weight is 252 g/mol. The van der Waals surface area contributed by atoms with Crippen molar-refractivity contribution < 1.29 is 14.9 Å². The van der Waals surface area contributed by atoms with E-state index in [2.05, 4.69) is 0 Å². The first kappa shape index (κ1) is 12.5. The van der Waals surface area contributed by atoms with Crippen LogP contribution in [0.25, 0.3) is 0 Å². The smallest absolute Gasteiger partial charge is 0.111 e. The van der Waals surface area contributed by atoms with Crippen molar-refractivity contribution >= 4 is 11.8 Å². The first-order chi connectivity index (χ1) is 8.29. The molecule has 92 valence electrons. The molecule has 3 nitrogen and oxygen atoms in total. The average Bonchev–Trinajstić information content (AvgIpc) is 2.68. The fourth-order valence-electron chi connectivity index (χ4n) is 1.77. The van der Waals surface area contributed by atoms with Gasteiger partial charge in [0.15, 0.2) is 0 Å². The maximum absolute atomic E-state index is 9.65. The Morgan fingerprint density at radius 2 is 2.00 bits per heavy atom. The van der Waals surface area contributed by atoms with E-state index < -0.39 is 0 Å². The van der Waals surface area contributed by atoms with Crippen LogP contribution < -0.4 is 0 Å². The first-order valence-electron chi connectivity index (χ1n) is 5.66. The Morgan fingerprint density at radius 3 is 2.71 bits per heavy atom. The molecule has 0 bridgehead atoms. The fraction of sp³-hybridized carbons (Fsp3) is 0.385. The summed E-state index contributed by atoms with van der Waals surface area (Å²) < 4.78 is 5.46. The SMILES string of the molecule is OCCOC1=C(Sc2ccccc2)CC(O)C1. The summed E-state index contributed by atoms with van der Waals surface area (Å²) in [6, 6.07) is 10.0. The quantitative estimate of drug-likeness (QED) is 0.843. The van der Waals surface area contributed by atoms with Crippen LogP contribution in [0, 0.1) is 0 Å². The van der Waals surface area contributed by atoms with Gasteiger partial charge in [0.1, 0.15) is 12.4 Å². The lowest BCUT2D eigenvalue weighted by molar-refractivity contribution is 0.122. The van der Waals surface area contributed by atoms with E-state index in [1.165, 1.54) is 0 Å². The number of aliphatic hydroxyl groups excluding tert-OH is 2. The summed E-state index contributed by atoms with van der Waals surface area (Å²) in [6.45, 7) is 0.295. The highest BCUT2D eigenvalue weighted by Crippen LogP contribution is 2.39. The highest BCUT2D eigenvalue weighted by Gasteiger charge is 2.24. The van der Waals surface area contributed by atoms with Crippen molar-refractivity contribution in [1.29, 1.82) is 0 Å². The van der Waals surface area contributed by atoms with Gasteiger partial charge in [-0.3, -0.25) is 0 Å².